The predicted molar refractivity (Wildman–Crippen MR) is 70.0 cm³/mol. The van der Waals surface area contributed by atoms with Crippen LogP contribution in [0.2, 0.25) is 0 Å². The van der Waals surface area contributed by atoms with Gasteiger partial charge in [-0.3, -0.25) is 0 Å². The summed E-state index contributed by atoms with van der Waals surface area (Å²) in [5.74, 6) is 1.37. The van der Waals surface area contributed by atoms with Gasteiger partial charge in [-0.1, -0.05) is 11.8 Å². The van der Waals surface area contributed by atoms with Crippen molar-refractivity contribution in [1.82, 2.24) is 9.97 Å². The second-order valence-electron chi connectivity index (χ2n) is 3.15. The van der Waals surface area contributed by atoms with E-state index >= 15 is 0 Å². The number of hydrogen-bond acceptors (Lipinski definition) is 6. The van der Waals surface area contributed by atoms with Crippen LogP contribution in [-0.2, 0) is 4.74 Å². The van der Waals surface area contributed by atoms with Gasteiger partial charge in [-0.15, -0.1) is 0 Å². The molecule has 1 N–H and O–H groups in total. The Morgan fingerprint density at radius 2 is 2.12 bits per heavy atom. The Morgan fingerprint density at radius 3 is 2.76 bits per heavy atom. The van der Waals surface area contributed by atoms with Crippen LogP contribution in [0.15, 0.2) is 11.2 Å². The Morgan fingerprint density at radius 1 is 1.29 bits per heavy atom. The van der Waals surface area contributed by atoms with Crippen molar-refractivity contribution in [1.29, 1.82) is 0 Å². The highest BCUT2D eigenvalue weighted by Crippen LogP contribution is 2.18. The molecule has 17 heavy (non-hydrogen) atoms. The SMILES string of the molecule is CCNc1cc(OCCOCC)nc(SC)n1. The van der Waals surface area contributed by atoms with E-state index < -0.39 is 0 Å². The summed E-state index contributed by atoms with van der Waals surface area (Å²) in [4.78, 5) is 8.58. The molecule has 5 nitrogen and oxygen atoms in total. The summed E-state index contributed by atoms with van der Waals surface area (Å²) >= 11 is 1.49. The molecule has 0 unspecified atom stereocenters. The molecule has 0 spiro atoms. The van der Waals surface area contributed by atoms with Crippen molar-refractivity contribution >= 4 is 17.6 Å². The van der Waals surface area contributed by atoms with Crippen LogP contribution in [0.3, 0.4) is 0 Å². The molecule has 6 heteroatoms. The maximum absolute atomic E-state index is 5.51. The molecule has 1 aromatic rings. The summed E-state index contributed by atoms with van der Waals surface area (Å²) < 4.78 is 10.7. The van der Waals surface area contributed by atoms with Crippen molar-refractivity contribution in [2.45, 2.75) is 19.0 Å². The molecule has 0 saturated carbocycles. The second kappa shape index (κ2) is 8.14. The number of ether oxygens (including phenoxy) is 2. The van der Waals surface area contributed by atoms with Crippen LogP contribution >= 0.6 is 11.8 Å². The molecule has 0 aliphatic carbocycles. The van der Waals surface area contributed by atoms with E-state index in [1.807, 2.05) is 20.1 Å². The number of nitrogens with one attached hydrogen (secondary N) is 1. The number of hydrogen-bond donors (Lipinski definition) is 1. The van der Waals surface area contributed by atoms with Gasteiger partial charge in [-0.2, -0.15) is 4.98 Å². The summed E-state index contributed by atoms with van der Waals surface area (Å²) in [6.07, 6.45) is 1.94. The van der Waals surface area contributed by atoms with Crippen molar-refractivity contribution in [3.05, 3.63) is 6.07 Å². The minimum absolute atomic E-state index is 0.504. The largest absolute Gasteiger partial charge is 0.475 e. The van der Waals surface area contributed by atoms with Gasteiger partial charge in [0, 0.05) is 19.2 Å². The van der Waals surface area contributed by atoms with E-state index in [0.717, 1.165) is 12.4 Å². The fraction of sp³-hybridized carbons (Fsp3) is 0.636. The van der Waals surface area contributed by atoms with Crippen molar-refractivity contribution in [2.75, 3.05) is 37.9 Å². The third-order valence-corrected chi connectivity index (χ3v) is 2.45. The van der Waals surface area contributed by atoms with Gasteiger partial charge >= 0.3 is 0 Å². The molecule has 1 aromatic heterocycles. The van der Waals surface area contributed by atoms with Gasteiger partial charge in [-0.05, 0) is 20.1 Å². The minimum Gasteiger partial charge on any atom is -0.475 e. The molecule has 1 heterocycles. The fourth-order valence-corrected chi connectivity index (χ4v) is 1.56. The summed E-state index contributed by atoms with van der Waals surface area (Å²) in [7, 11) is 0. The standard InChI is InChI=1S/C11H19N3O2S/c1-4-12-9-8-10(14-11(13-9)17-3)16-7-6-15-5-2/h8H,4-7H2,1-3H3,(H,12,13,14). The van der Waals surface area contributed by atoms with Crippen molar-refractivity contribution in [3.8, 4) is 5.88 Å². The highest BCUT2D eigenvalue weighted by molar-refractivity contribution is 7.98. The summed E-state index contributed by atoms with van der Waals surface area (Å²) in [5.41, 5.74) is 0. The first kappa shape index (κ1) is 14.1. The molecule has 1 rings (SSSR count). The lowest BCUT2D eigenvalue weighted by molar-refractivity contribution is 0.108. The molecule has 0 radical (unpaired) electrons. The van der Waals surface area contributed by atoms with Gasteiger partial charge in [0.25, 0.3) is 0 Å². The van der Waals surface area contributed by atoms with Gasteiger partial charge in [0.2, 0.25) is 5.88 Å². The van der Waals surface area contributed by atoms with Crippen molar-refractivity contribution < 1.29 is 9.47 Å². The van der Waals surface area contributed by atoms with Gasteiger partial charge in [-0.25, -0.2) is 4.98 Å². The Bertz CT molecular complexity index is 336. The molecule has 0 aliphatic heterocycles. The number of thioether (sulfide) groups is 1. The smallest absolute Gasteiger partial charge is 0.219 e. The predicted octanol–water partition coefficient (Wildman–Crippen LogP) is 2.05. The molecule has 0 saturated heterocycles. The number of aromatic nitrogens is 2. The van der Waals surface area contributed by atoms with Crippen molar-refractivity contribution in [2.24, 2.45) is 0 Å². The lowest BCUT2D eigenvalue weighted by Gasteiger charge is -2.09. The van der Waals surface area contributed by atoms with E-state index in [4.69, 9.17) is 9.47 Å². The van der Waals surface area contributed by atoms with Gasteiger partial charge in [0.1, 0.15) is 12.4 Å². The Labute approximate surface area is 106 Å². The molecule has 0 amide bonds. The normalized spacial score (nSPS) is 10.3. The Balaban J connectivity index is 2.59. The van der Waals surface area contributed by atoms with E-state index in [1.165, 1.54) is 11.8 Å². The monoisotopic (exact) mass is 257 g/mol. The first-order chi connectivity index (χ1) is 8.30. The first-order valence-electron chi connectivity index (χ1n) is 5.67. The molecule has 0 bridgehead atoms. The molecule has 96 valence electrons. The third-order valence-electron chi connectivity index (χ3n) is 1.90. The molecular formula is C11H19N3O2S. The van der Waals surface area contributed by atoms with E-state index in [9.17, 15) is 0 Å². The lowest BCUT2D eigenvalue weighted by atomic mass is 10.5. The molecule has 0 fully saturated rings. The summed E-state index contributed by atoms with van der Waals surface area (Å²) in [5, 5.41) is 3.85. The fourth-order valence-electron chi connectivity index (χ4n) is 1.19. The zero-order valence-electron chi connectivity index (χ0n) is 10.5. The van der Waals surface area contributed by atoms with E-state index in [-0.39, 0.29) is 0 Å². The maximum atomic E-state index is 5.51. The van der Waals surface area contributed by atoms with Gasteiger partial charge in [0.05, 0.1) is 6.61 Å². The average molecular weight is 257 g/mol. The lowest BCUT2D eigenvalue weighted by Crippen LogP contribution is -2.09. The van der Waals surface area contributed by atoms with Crippen LogP contribution in [0.1, 0.15) is 13.8 Å². The third kappa shape index (κ3) is 5.23. The summed E-state index contributed by atoms with van der Waals surface area (Å²) in [6, 6.07) is 1.80. The van der Waals surface area contributed by atoms with Crippen LogP contribution in [-0.4, -0.2) is 42.6 Å². The van der Waals surface area contributed by atoms with Crippen LogP contribution in [0.25, 0.3) is 0 Å². The number of anilines is 1. The zero-order chi connectivity index (χ0) is 12.5. The molecule has 0 atom stereocenters. The second-order valence-corrected chi connectivity index (χ2v) is 3.93. The van der Waals surface area contributed by atoms with Crippen molar-refractivity contribution in [3.63, 3.8) is 0 Å². The number of rotatable bonds is 8. The van der Waals surface area contributed by atoms with Crippen LogP contribution in [0, 0.1) is 0 Å². The average Bonchev–Trinajstić information content (AvgIpc) is 2.35. The quantitative estimate of drug-likeness (QED) is 0.437. The molecule has 0 aromatic carbocycles. The highest BCUT2D eigenvalue weighted by atomic mass is 32.2. The Hall–Kier alpha value is -1.01. The highest BCUT2D eigenvalue weighted by Gasteiger charge is 2.04. The summed E-state index contributed by atoms with van der Waals surface area (Å²) in [6.45, 7) is 6.58. The first-order valence-corrected chi connectivity index (χ1v) is 6.90. The Kier molecular flexibility index (Phi) is 6.73. The topological polar surface area (TPSA) is 56.3 Å². The van der Waals surface area contributed by atoms with Gasteiger partial charge in [0.15, 0.2) is 5.16 Å². The van der Waals surface area contributed by atoms with Gasteiger partial charge < -0.3 is 14.8 Å². The zero-order valence-corrected chi connectivity index (χ0v) is 11.3. The van der Waals surface area contributed by atoms with Crippen LogP contribution in [0.5, 0.6) is 5.88 Å². The van der Waals surface area contributed by atoms with Crippen LogP contribution in [0.4, 0.5) is 5.82 Å². The number of nitrogens with zero attached hydrogens (tertiary/aromatic N) is 2. The molecular weight excluding hydrogens is 238 g/mol. The van der Waals surface area contributed by atoms with E-state index in [2.05, 4.69) is 15.3 Å². The molecule has 0 aliphatic rings. The van der Waals surface area contributed by atoms with Crippen LogP contribution < -0.4 is 10.1 Å². The maximum Gasteiger partial charge on any atom is 0.219 e. The van der Waals surface area contributed by atoms with E-state index in [1.54, 1.807) is 6.07 Å². The minimum atomic E-state index is 0.504. The van der Waals surface area contributed by atoms with E-state index in [0.29, 0.717) is 30.9 Å².